The van der Waals surface area contributed by atoms with E-state index in [9.17, 15) is 4.79 Å². The Bertz CT molecular complexity index is 429. The van der Waals surface area contributed by atoms with Gasteiger partial charge in [0.15, 0.2) is 0 Å². The maximum absolute atomic E-state index is 12.2. The summed E-state index contributed by atoms with van der Waals surface area (Å²) in [6, 6.07) is 8.39. The van der Waals surface area contributed by atoms with Crippen LogP contribution in [0.25, 0.3) is 0 Å². The predicted octanol–water partition coefficient (Wildman–Crippen LogP) is 1.80. The van der Waals surface area contributed by atoms with Gasteiger partial charge in [-0.1, -0.05) is 29.8 Å². The summed E-state index contributed by atoms with van der Waals surface area (Å²) in [5, 5.41) is 0. The van der Waals surface area contributed by atoms with Crippen LogP contribution < -0.4 is 5.73 Å². The van der Waals surface area contributed by atoms with Gasteiger partial charge in [-0.2, -0.15) is 0 Å². The smallest absolute Gasteiger partial charge is 0.236 e. The average Bonchev–Trinajstić information content (AvgIpc) is 2.41. The molecule has 0 saturated carbocycles. The van der Waals surface area contributed by atoms with Crippen LogP contribution in [0.15, 0.2) is 24.3 Å². The Labute approximate surface area is 122 Å². The first kappa shape index (κ1) is 16.7. The molecule has 0 aromatic heterocycles. The van der Waals surface area contributed by atoms with Gasteiger partial charge in [-0.15, -0.1) is 0 Å². The average molecular weight is 277 g/mol. The second-order valence-electron chi connectivity index (χ2n) is 5.15. The first-order chi connectivity index (χ1) is 9.53. The molecule has 4 heteroatoms. The molecule has 0 spiro atoms. The fraction of sp³-hybridized carbons (Fsp3) is 0.562. The van der Waals surface area contributed by atoms with Crippen molar-refractivity contribution in [3.8, 4) is 0 Å². The van der Waals surface area contributed by atoms with Crippen molar-refractivity contribution in [3.05, 3.63) is 35.4 Å². The molecule has 2 N–H and O–H groups in total. The zero-order valence-corrected chi connectivity index (χ0v) is 13.1. The number of rotatable bonds is 7. The van der Waals surface area contributed by atoms with Crippen LogP contribution >= 0.6 is 0 Å². The van der Waals surface area contributed by atoms with E-state index >= 15 is 0 Å². The van der Waals surface area contributed by atoms with E-state index in [0.717, 1.165) is 13.1 Å². The molecular formula is C16H27N3O. The second kappa shape index (κ2) is 8.02. The number of carbonyl (C=O) groups excluding carboxylic acids is 1. The quantitative estimate of drug-likeness (QED) is 0.826. The highest BCUT2D eigenvalue weighted by Crippen LogP contribution is 2.19. The molecule has 0 aliphatic carbocycles. The van der Waals surface area contributed by atoms with E-state index in [1.54, 1.807) is 0 Å². The highest BCUT2D eigenvalue weighted by atomic mass is 16.2. The van der Waals surface area contributed by atoms with Crippen LogP contribution in [0.4, 0.5) is 0 Å². The number of nitrogens with zero attached hydrogens (tertiary/aromatic N) is 2. The standard InChI is InChI=1S/C16H27N3O/c1-5-19(6-2)16(20)12-18(4)15(11-17)14-9-7-8-13(3)10-14/h7-10,15H,5-6,11-12,17H2,1-4H3. The van der Waals surface area contributed by atoms with Crippen LogP contribution in [-0.4, -0.2) is 48.9 Å². The summed E-state index contributed by atoms with van der Waals surface area (Å²) in [7, 11) is 1.96. The van der Waals surface area contributed by atoms with Crippen molar-refractivity contribution in [2.24, 2.45) is 5.73 Å². The number of likely N-dealkylation sites (N-methyl/N-ethyl adjacent to an activating group) is 2. The lowest BCUT2D eigenvalue weighted by Crippen LogP contribution is -2.41. The molecule has 0 radical (unpaired) electrons. The third kappa shape index (κ3) is 4.32. The number of hydrogen-bond donors (Lipinski definition) is 1. The lowest BCUT2D eigenvalue weighted by molar-refractivity contribution is -0.132. The molecule has 1 atom stereocenters. The molecular weight excluding hydrogens is 250 g/mol. The lowest BCUT2D eigenvalue weighted by atomic mass is 10.0. The van der Waals surface area contributed by atoms with Crippen LogP contribution in [0.2, 0.25) is 0 Å². The minimum absolute atomic E-state index is 0.0782. The summed E-state index contributed by atoms with van der Waals surface area (Å²) >= 11 is 0. The van der Waals surface area contributed by atoms with Gasteiger partial charge in [0, 0.05) is 25.7 Å². The van der Waals surface area contributed by atoms with E-state index in [0.29, 0.717) is 13.1 Å². The molecule has 4 nitrogen and oxygen atoms in total. The molecule has 1 rings (SSSR count). The van der Waals surface area contributed by atoms with E-state index in [1.807, 2.05) is 36.8 Å². The maximum Gasteiger partial charge on any atom is 0.236 e. The largest absolute Gasteiger partial charge is 0.342 e. The minimum atomic E-state index is 0.0782. The van der Waals surface area contributed by atoms with Gasteiger partial charge in [-0.25, -0.2) is 0 Å². The molecule has 1 unspecified atom stereocenters. The first-order valence-electron chi connectivity index (χ1n) is 7.28. The van der Waals surface area contributed by atoms with Crippen molar-refractivity contribution >= 4 is 5.91 Å². The van der Waals surface area contributed by atoms with Crippen molar-refractivity contribution in [1.82, 2.24) is 9.80 Å². The maximum atomic E-state index is 12.2. The fourth-order valence-corrected chi connectivity index (χ4v) is 2.45. The fourth-order valence-electron chi connectivity index (χ4n) is 2.45. The molecule has 0 heterocycles. The topological polar surface area (TPSA) is 49.6 Å². The Hall–Kier alpha value is -1.39. The molecule has 1 amide bonds. The van der Waals surface area contributed by atoms with Gasteiger partial charge in [0.1, 0.15) is 0 Å². The van der Waals surface area contributed by atoms with Gasteiger partial charge in [-0.3, -0.25) is 9.69 Å². The van der Waals surface area contributed by atoms with E-state index in [1.165, 1.54) is 11.1 Å². The van der Waals surface area contributed by atoms with Crippen LogP contribution in [0, 0.1) is 6.92 Å². The van der Waals surface area contributed by atoms with Crippen molar-refractivity contribution < 1.29 is 4.79 Å². The Morgan fingerprint density at radius 3 is 2.45 bits per heavy atom. The first-order valence-corrected chi connectivity index (χ1v) is 7.28. The normalized spacial score (nSPS) is 12.5. The van der Waals surface area contributed by atoms with Crippen LogP contribution in [0.1, 0.15) is 31.0 Å². The zero-order chi connectivity index (χ0) is 15.1. The Morgan fingerprint density at radius 2 is 1.95 bits per heavy atom. The van der Waals surface area contributed by atoms with Crippen LogP contribution in [-0.2, 0) is 4.79 Å². The van der Waals surface area contributed by atoms with Gasteiger partial charge in [0.25, 0.3) is 0 Å². The molecule has 1 aromatic carbocycles. The summed E-state index contributed by atoms with van der Waals surface area (Å²) < 4.78 is 0. The molecule has 0 bridgehead atoms. The number of aryl methyl sites for hydroxylation is 1. The molecule has 1 aromatic rings. The molecule has 0 saturated heterocycles. The minimum Gasteiger partial charge on any atom is -0.342 e. The highest BCUT2D eigenvalue weighted by Gasteiger charge is 2.20. The summed E-state index contributed by atoms with van der Waals surface area (Å²) in [6.07, 6.45) is 0. The van der Waals surface area contributed by atoms with Crippen molar-refractivity contribution in [2.45, 2.75) is 26.8 Å². The lowest BCUT2D eigenvalue weighted by Gasteiger charge is -2.29. The monoisotopic (exact) mass is 277 g/mol. The van der Waals surface area contributed by atoms with E-state index in [2.05, 4.69) is 25.1 Å². The van der Waals surface area contributed by atoms with Crippen molar-refractivity contribution in [2.75, 3.05) is 33.2 Å². The molecule has 20 heavy (non-hydrogen) atoms. The van der Waals surface area contributed by atoms with Gasteiger partial charge >= 0.3 is 0 Å². The Balaban J connectivity index is 2.77. The van der Waals surface area contributed by atoms with Crippen molar-refractivity contribution in [3.63, 3.8) is 0 Å². The van der Waals surface area contributed by atoms with Gasteiger partial charge in [-0.05, 0) is 33.4 Å². The number of amides is 1. The SMILES string of the molecule is CCN(CC)C(=O)CN(C)C(CN)c1cccc(C)c1. The number of carbonyl (C=O) groups is 1. The summed E-state index contributed by atoms with van der Waals surface area (Å²) in [4.78, 5) is 16.1. The van der Waals surface area contributed by atoms with E-state index < -0.39 is 0 Å². The number of benzene rings is 1. The summed E-state index contributed by atoms with van der Waals surface area (Å²) in [5.41, 5.74) is 8.29. The second-order valence-corrected chi connectivity index (χ2v) is 5.15. The van der Waals surface area contributed by atoms with Crippen LogP contribution in [0.3, 0.4) is 0 Å². The zero-order valence-electron chi connectivity index (χ0n) is 13.1. The third-order valence-electron chi connectivity index (χ3n) is 3.68. The molecule has 0 fully saturated rings. The highest BCUT2D eigenvalue weighted by molar-refractivity contribution is 5.78. The van der Waals surface area contributed by atoms with Gasteiger partial charge in [0.05, 0.1) is 6.54 Å². The number of hydrogen-bond acceptors (Lipinski definition) is 3. The predicted molar refractivity (Wildman–Crippen MR) is 83.5 cm³/mol. The van der Waals surface area contributed by atoms with Gasteiger partial charge < -0.3 is 10.6 Å². The molecule has 0 aliphatic rings. The van der Waals surface area contributed by atoms with Gasteiger partial charge in [0.2, 0.25) is 5.91 Å². The molecule has 112 valence electrons. The molecule has 0 aliphatic heterocycles. The van der Waals surface area contributed by atoms with E-state index in [4.69, 9.17) is 5.73 Å². The summed E-state index contributed by atoms with van der Waals surface area (Å²) in [5.74, 6) is 0.156. The van der Waals surface area contributed by atoms with Crippen molar-refractivity contribution in [1.29, 1.82) is 0 Å². The number of nitrogens with two attached hydrogens (primary N) is 1. The Kier molecular flexibility index (Phi) is 6.68. The summed E-state index contributed by atoms with van der Waals surface area (Å²) in [6.45, 7) is 8.48. The van der Waals surface area contributed by atoms with E-state index in [-0.39, 0.29) is 11.9 Å². The Morgan fingerprint density at radius 1 is 1.30 bits per heavy atom. The van der Waals surface area contributed by atoms with Crippen LogP contribution in [0.5, 0.6) is 0 Å². The third-order valence-corrected chi connectivity index (χ3v) is 3.68.